The van der Waals surface area contributed by atoms with Gasteiger partial charge in [-0.2, -0.15) is 18.2 Å². The molecule has 128 valence electrons. The Bertz CT molecular complexity index is 755. The smallest absolute Gasteiger partial charge is 0.449 e. The fourth-order valence-corrected chi connectivity index (χ4v) is 3.57. The van der Waals surface area contributed by atoms with Gasteiger partial charge < -0.3 is 9.45 Å². The van der Waals surface area contributed by atoms with E-state index < -0.39 is 28.7 Å². The first kappa shape index (κ1) is 18.2. The number of thiazole rings is 1. The summed E-state index contributed by atoms with van der Waals surface area (Å²) in [7, 11) is 3.58. The molecule has 0 amide bonds. The van der Waals surface area contributed by atoms with E-state index in [0.29, 0.717) is 17.5 Å². The van der Waals surface area contributed by atoms with Crippen molar-refractivity contribution in [1.82, 2.24) is 19.4 Å². The summed E-state index contributed by atoms with van der Waals surface area (Å²) in [6.07, 6.45) is -3.04. The number of hydrogen-bond donors (Lipinski definition) is 0. The molecular formula is C12H15F3N4O2S2. The molecule has 0 spiro atoms. The molecule has 0 aliphatic carbocycles. The predicted octanol–water partition coefficient (Wildman–Crippen LogP) is 1.56. The molecule has 2 heterocycles. The highest BCUT2D eigenvalue weighted by molar-refractivity contribution is 7.92. The standard InChI is InChI=1S/C12H15F3N4O2S2/c1-18(2)5-4-6-19-9(20)7-8(17-10(19)12(13,14)15)22-11(16-7)23(3)21/h4-6H2,1-3H3. The van der Waals surface area contributed by atoms with E-state index in [1.807, 2.05) is 4.90 Å². The first-order valence-corrected chi connectivity index (χ1v) is 8.95. The number of aromatic nitrogens is 3. The summed E-state index contributed by atoms with van der Waals surface area (Å²) in [4.78, 5) is 21.5. The largest absolute Gasteiger partial charge is 0.610 e. The van der Waals surface area contributed by atoms with Crippen LogP contribution in [0.4, 0.5) is 13.2 Å². The van der Waals surface area contributed by atoms with Crippen LogP contribution in [0, 0.1) is 0 Å². The van der Waals surface area contributed by atoms with Crippen LogP contribution in [0.2, 0.25) is 0 Å². The molecule has 0 saturated carbocycles. The number of alkyl halides is 3. The second kappa shape index (κ2) is 6.75. The van der Waals surface area contributed by atoms with Gasteiger partial charge in [0.1, 0.15) is 6.26 Å². The maximum absolute atomic E-state index is 13.2. The van der Waals surface area contributed by atoms with Crippen LogP contribution in [0.15, 0.2) is 9.13 Å². The molecule has 0 aliphatic heterocycles. The Kier molecular flexibility index (Phi) is 5.33. The molecule has 0 saturated heterocycles. The molecule has 1 unspecified atom stereocenters. The van der Waals surface area contributed by atoms with Crippen molar-refractivity contribution >= 4 is 32.9 Å². The lowest BCUT2D eigenvalue weighted by atomic mass is 10.3. The molecule has 2 rings (SSSR count). The topological polar surface area (TPSA) is 74.1 Å². The zero-order chi connectivity index (χ0) is 17.4. The van der Waals surface area contributed by atoms with Crippen LogP contribution in [-0.4, -0.2) is 50.9 Å². The molecule has 0 aromatic carbocycles. The maximum atomic E-state index is 13.2. The highest BCUT2D eigenvalue weighted by Gasteiger charge is 2.38. The SMILES string of the molecule is CN(C)CCCn1c(C(F)(F)F)nc2sc([S+](C)[O-])nc2c1=O. The molecule has 11 heteroatoms. The van der Waals surface area contributed by atoms with Gasteiger partial charge >= 0.3 is 10.5 Å². The summed E-state index contributed by atoms with van der Waals surface area (Å²) >= 11 is -0.741. The third kappa shape index (κ3) is 4.03. The molecule has 0 N–H and O–H groups in total. The monoisotopic (exact) mass is 368 g/mol. The first-order valence-electron chi connectivity index (χ1n) is 6.58. The van der Waals surface area contributed by atoms with Gasteiger partial charge in [0.05, 0.1) is 0 Å². The van der Waals surface area contributed by atoms with Gasteiger partial charge in [0, 0.05) is 17.7 Å². The van der Waals surface area contributed by atoms with E-state index in [1.165, 1.54) is 6.26 Å². The molecule has 2 aromatic heterocycles. The van der Waals surface area contributed by atoms with Gasteiger partial charge in [-0.3, -0.25) is 9.36 Å². The van der Waals surface area contributed by atoms with Crippen molar-refractivity contribution in [3.8, 4) is 0 Å². The van der Waals surface area contributed by atoms with Crippen molar-refractivity contribution in [2.24, 2.45) is 0 Å². The zero-order valence-electron chi connectivity index (χ0n) is 12.7. The molecule has 23 heavy (non-hydrogen) atoms. The second-order valence-corrected chi connectivity index (χ2v) is 7.67. The Morgan fingerprint density at radius 2 is 2.00 bits per heavy atom. The third-order valence-corrected chi connectivity index (χ3v) is 5.27. The lowest BCUT2D eigenvalue weighted by Crippen LogP contribution is -2.31. The van der Waals surface area contributed by atoms with Crippen molar-refractivity contribution < 1.29 is 17.7 Å². The highest BCUT2D eigenvalue weighted by Crippen LogP contribution is 2.30. The van der Waals surface area contributed by atoms with Gasteiger partial charge in [0.15, 0.2) is 10.3 Å². The minimum absolute atomic E-state index is 0.0868. The van der Waals surface area contributed by atoms with E-state index in [9.17, 15) is 22.5 Å². The third-order valence-electron chi connectivity index (χ3n) is 2.99. The summed E-state index contributed by atoms with van der Waals surface area (Å²) in [6, 6.07) is 0. The predicted molar refractivity (Wildman–Crippen MR) is 82.2 cm³/mol. The maximum Gasteiger partial charge on any atom is 0.449 e. The summed E-state index contributed by atoms with van der Waals surface area (Å²) < 4.78 is 51.7. The summed E-state index contributed by atoms with van der Waals surface area (Å²) in [6.45, 7) is 0.417. The minimum Gasteiger partial charge on any atom is -0.610 e. The van der Waals surface area contributed by atoms with Crippen molar-refractivity contribution in [2.75, 3.05) is 26.9 Å². The molecule has 6 nitrogen and oxygen atoms in total. The Morgan fingerprint density at radius 3 is 2.52 bits per heavy atom. The second-order valence-electron chi connectivity index (χ2n) is 5.13. The van der Waals surface area contributed by atoms with Crippen molar-refractivity contribution in [2.45, 2.75) is 23.5 Å². The van der Waals surface area contributed by atoms with Crippen LogP contribution < -0.4 is 5.56 Å². The quantitative estimate of drug-likeness (QED) is 0.749. The van der Waals surface area contributed by atoms with Gasteiger partial charge in [-0.1, -0.05) is 0 Å². The van der Waals surface area contributed by atoms with Crippen molar-refractivity contribution in [3.05, 3.63) is 16.2 Å². The van der Waals surface area contributed by atoms with Crippen LogP contribution in [0.5, 0.6) is 0 Å². The molecule has 1 atom stereocenters. The van der Waals surface area contributed by atoms with E-state index in [2.05, 4.69) is 9.97 Å². The van der Waals surface area contributed by atoms with Crippen LogP contribution in [0.25, 0.3) is 10.3 Å². The fraction of sp³-hybridized carbons (Fsp3) is 0.583. The van der Waals surface area contributed by atoms with Gasteiger partial charge in [0.2, 0.25) is 5.82 Å². The fourth-order valence-electron chi connectivity index (χ4n) is 1.98. The number of nitrogens with zero attached hydrogens (tertiary/aromatic N) is 4. The average Bonchev–Trinajstić information content (AvgIpc) is 2.84. The van der Waals surface area contributed by atoms with Crippen LogP contribution in [-0.2, 0) is 23.9 Å². The molecule has 0 aliphatic rings. The number of halogens is 3. The number of fused-ring (bicyclic) bond motifs is 1. The van der Waals surface area contributed by atoms with E-state index in [0.717, 1.165) is 11.3 Å². The van der Waals surface area contributed by atoms with Crippen LogP contribution in [0.3, 0.4) is 0 Å². The molecule has 0 fully saturated rings. The normalized spacial score (nSPS) is 13.9. The lowest BCUT2D eigenvalue weighted by Gasteiger charge is -2.15. The van der Waals surface area contributed by atoms with Gasteiger partial charge in [-0.15, -0.1) is 0 Å². The first-order chi connectivity index (χ1) is 10.6. The summed E-state index contributed by atoms with van der Waals surface area (Å²) in [5.41, 5.74) is -1.02. The van der Waals surface area contributed by atoms with E-state index >= 15 is 0 Å². The van der Waals surface area contributed by atoms with Gasteiger partial charge in [0.25, 0.3) is 5.56 Å². The Balaban J connectivity index is 2.57. The highest BCUT2D eigenvalue weighted by atomic mass is 32.2. The van der Waals surface area contributed by atoms with Crippen molar-refractivity contribution in [3.63, 3.8) is 0 Å². The Morgan fingerprint density at radius 1 is 1.35 bits per heavy atom. The zero-order valence-corrected chi connectivity index (χ0v) is 14.3. The molecular weight excluding hydrogens is 353 g/mol. The van der Waals surface area contributed by atoms with Gasteiger partial charge in [-0.25, -0.2) is 4.98 Å². The van der Waals surface area contributed by atoms with Gasteiger partial charge in [-0.05, 0) is 38.4 Å². The minimum atomic E-state index is -4.75. The summed E-state index contributed by atoms with van der Waals surface area (Å²) in [5.74, 6) is -1.24. The van der Waals surface area contributed by atoms with E-state index in [4.69, 9.17) is 0 Å². The van der Waals surface area contributed by atoms with Crippen molar-refractivity contribution in [1.29, 1.82) is 0 Å². The average molecular weight is 368 g/mol. The van der Waals surface area contributed by atoms with E-state index in [1.54, 1.807) is 14.1 Å². The van der Waals surface area contributed by atoms with E-state index in [-0.39, 0.29) is 21.2 Å². The van der Waals surface area contributed by atoms with Crippen LogP contribution in [0.1, 0.15) is 12.2 Å². The van der Waals surface area contributed by atoms with Crippen LogP contribution >= 0.6 is 11.3 Å². The number of rotatable bonds is 5. The Labute approximate surface area is 137 Å². The Hall–Kier alpha value is -1.17. The molecule has 0 bridgehead atoms. The summed E-state index contributed by atoms with van der Waals surface area (Å²) in [5, 5.41) is 0. The lowest BCUT2D eigenvalue weighted by molar-refractivity contribution is -0.148. The molecule has 2 aromatic rings. The number of hydrogen-bond acceptors (Lipinski definition) is 6. The molecule has 0 radical (unpaired) electrons.